The van der Waals surface area contributed by atoms with Crippen molar-refractivity contribution in [1.29, 1.82) is 0 Å². The van der Waals surface area contributed by atoms with E-state index in [0.29, 0.717) is 17.9 Å². The molecule has 0 bridgehead atoms. The van der Waals surface area contributed by atoms with Crippen LogP contribution in [0.5, 0.6) is 6.01 Å². The van der Waals surface area contributed by atoms with Crippen molar-refractivity contribution >= 4 is 35.3 Å². The van der Waals surface area contributed by atoms with E-state index in [1.807, 2.05) is 12.1 Å². The molecule has 0 saturated heterocycles. The normalized spacial score (nSPS) is 13.8. The molecule has 4 rings (SSSR count). The molecule has 2 aromatic carbocycles. The molecule has 16 heteroatoms. The molecule has 0 radical (unpaired) electrons. The van der Waals surface area contributed by atoms with Crippen molar-refractivity contribution in [3.63, 3.8) is 0 Å². The van der Waals surface area contributed by atoms with Crippen LogP contribution in [0.15, 0.2) is 42.5 Å². The van der Waals surface area contributed by atoms with Gasteiger partial charge >= 0.3 is 24.0 Å². The van der Waals surface area contributed by atoms with Gasteiger partial charge in [-0.15, -0.1) is 0 Å². The third-order valence-electron chi connectivity index (χ3n) is 7.24. The maximum absolute atomic E-state index is 15.2. The lowest BCUT2D eigenvalue weighted by atomic mass is 9.93. The first-order chi connectivity index (χ1) is 21.9. The molecule has 1 fully saturated rings. The summed E-state index contributed by atoms with van der Waals surface area (Å²) >= 11 is 6.01. The van der Waals surface area contributed by atoms with Crippen molar-refractivity contribution < 1.29 is 36.7 Å². The number of amides is 3. The van der Waals surface area contributed by atoms with Crippen LogP contribution in [0.25, 0.3) is 0 Å². The molecule has 3 aromatic rings. The van der Waals surface area contributed by atoms with Gasteiger partial charge in [0.05, 0.1) is 5.54 Å². The molecule has 0 spiro atoms. The number of aromatic nitrogens is 3. The average molecular weight is 680 g/mol. The Morgan fingerprint density at radius 1 is 0.979 bits per heavy atom. The lowest BCUT2D eigenvalue weighted by Crippen LogP contribution is -2.46. The largest absolute Gasteiger partial charge is 0.454 e. The summed E-state index contributed by atoms with van der Waals surface area (Å²) in [5, 5.41) is 8.92. The highest BCUT2D eigenvalue weighted by atomic mass is 35.5. The van der Waals surface area contributed by atoms with Gasteiger partial charge in [0, 0.05) is 44.2 Å². The highest BCUT2D eigenvalue weighted by molar-refractivity contribution is 6.34. The number of hydrogen-bond donors (Lipinski definition) is 3. The number of rotatable bonds is 12. The summed E-state index contributed by atoms with van der Waals surface area (Å²) in [5.74, 6) is -2.93. The van der Waals surface area contributed by atoms with E-state index in [2.05, 4.69) is 30.9 Å². The van der Waals surface area contributed by atoms with Gasteiger partial charge in [-0.25, -0.2) is 4.39 Å². The summed E-state index contributed by atoms with van der Waals surface area (Å²) in [6.45, 7) is 2.10. The number of anilines is 1. The van der Waals surface area contributed by atoms with Gasteiger partial charge < -0.3 is 25.6 Å². The Balaban J connectivity index is 1.45. The number of nitrogens with zero attached hydrogens (tertiary/aromatic N) is 4. The zero-order valence-electron chi connectivity index (χ0n) is 26.1. The fraction of sp³-hybridized carbons (Fsp3) is 0.419. The second-order valence-corrected chi connectivity index (χ2v) is 12.6. The van der Waals surface area contributed by atoms with Crippen molar-refractivity contribution in [2.45, 2.75) is 44.8 Å². The topological polar surface area (TPSA) is 138 Å². The Hall–Kier alpha value is -4.53. The highest BCUT2D eigenvalue weighted by Gasteiger charge is 2.45. The molecule has 1 aliphatic rings. The maximum Gasteiger partial charge on any atom is 0.422 e. The first-order valence-electron chi connectivity index (χ1n) is 14.5. The minimum atomic E-state index is -4.64. The molecule has 3 N–H and O–H groups in total. The van der Waals surface area contributed by atoms with Crippen molar-refractivity contribution in [3.8, 4) is 6.01 Å². The number of carbonyl (C=O) groups is 3. The average Bonchev–Trinajstić information content (AvgIpc) is 3.78. The van der Waals surface area contributed by atoms with Crippen LogP contribution in [0, 0.1) is 11.2 Å². The molecule has 0 unspecified atom stereocenters. The molecule has 1 heterocycles. The number of halogens is 5. The van der Waals surface area contributed by atoms with Crippen molar-refractivity contribution in [1.82, 2.24) is 30.5 Å². The van der Waals surface area contributed by atoms with Crippen LogP contribution in [0.2, 0.25) is 5.02 Å². The Morgan fingerprint density at radius 3 is 2.23 bits per heavy atom. The lowest BCUT2D eigenvalue weighted by Gasteiger charge is -2.25. The Kier molecular flexibility index (Phi) is 10.6. The number of alkyl halides is 3. The SMILES string of the molecule is CN(C)C(=O)C(=O)NCC(C)(C)CNC(=O)c1ccc(Cc2nc(NC3(c4ccc(Cl)cc4)CC3)nc(OCC(F)(F)F)n2)c(F)c1. The first-order valence-corrected chi connectivity index (χ1v) is 14.9. The summed E-state index contributed by atoms with van der Waals surface area (Å²) < 4.78 is 58.7. The Labute approximate surface area is 273 Å². The van der Waals surface area contributed by atoms with E-state index in [1.54, 1.807) is 26.0 Å². The van der Waals surface area contributed by atoms with E-state index >= 15 is 4.39 Å². The molecule has 47 heavy (non-hydrogen) atoms. The number of carbonyl (C=O) groups excluding carboxylic acids is 3. The molecule has 252 valence electrons. The Morgan fingerprint density at radius 2 is 1.64 bits per heavy atom. The van der Waals surface area contributed by atoms with Crippen molar-refractivity contribution in [2.24, 2.45) is 5.41 Å². The van der Waals surface area contributed by atoms with Crippen LogP contribution in [-0.2, 0) is 21.5 Å². The summed E-state index contributed by atoms with van der Waals surface area (Å²) in [4.78, 5) is 49.9. The first kappa shape index (κ1) is 35.3. The van der Waals surface area contributed by atoms with E-state index in [0.717, 1.165) is 16.5 Å². The Bertz CT molecular complexity index is 1630. The number of hydrogen-bond acceptors (Lipinski definition) is 8. The second-order valence-electron chi connectivity index (χ2n) is 12.2. The van der Waals surface area contributed by atoms with E-state index in [9.17, 15) is 27.6 Å². The maximum atomic E-state index is 15.2. The molecule has 1 aromatic heterocycles. The summed E-state index contributed by atoms with van der Waals surface area (Å²) in [6, 6.07) is 10.3. The van der Waals surface area contributed by atoms with Gasteiger partial charge in [-0.2, -0.15) is 28.1 Å². The van der Waals surface area contributed by atoms with Gasteiger partial charge in [0.2, 0.25) is 5.95 Å². The molecule has 0 aliphatic heterocycles. The lowest BCUT2D eigenvalue weighted by molar-refractivity contribution is -0.154. The predicted octanol–water partition coefficient (Wildman–Crippen LogP) is 4.26. The third kappa shape index (κ3) is 9.98. The minimum absolute atomic E-state index is 0.0136. The van der Waals surface area contributed by atoms with Crippen LogP contribution >= 0.6 is 11.6 Å². The van der Waals surface area contributed by atoms with Gasteiger partial charge in [0.1, 0.15) is 11.6 Å². The molecule has 0 atom stereocenters. The zero-order chi connectivity index (χ0) is 34.6. The molecule has 1 aliphatic carbocycles. The van der Waals surface area contributed by atoms with Crippen LogP contribution in [0.1, 0.15) is 54.0 Å². The fourth-order valence-corrected chi connectivity index (χ4v) is 4.55. The quantitative estimate of drug-likeness (QED) is 0.191. The van der Waals surface area contributed by atoms with Crippen molar-refractivity contribution in [3.05, 3.63) is 75.8 Å². The summed E-state index contributed by atoms with van der Waals surface area (Å²) in [7, 11) is 2.90. The van der Waals surface area contributed by atoms with E-state index in [-0.39, 0.29) is 42.4 Å². The fourth-order valence-electron chi connectivity index (χ4n) is 4.42. The molecular weight excluding hydrogens is 646 g/mol. The summed E-state index contributed by atoms with van der Waals surface area (Å²) in [6.07, 6.45) is -3.47. The summed E-state index contributed by atoms with van der Waals surface area (Å²) in [5.41, 5.74) is -0.227. The van der Waals surface area contributed by atoms with Crippen LogP contribution < -0.4 is 20.7 Å². The van der Waals surface area contributed by atoms with E-state index in [1.165, 1.54) is 26.2 Å². The van der Waals surface area contributed by atoms with E-state index in [4.69, 9.17) is 16.3 Å². The molecule has 11 nitrogen and oxygen atoms in total. The highest BCUT2D eigenvalue weighted by Crippen LogP contribution is 2.48. The second kappa shape index (κ2) is 14.1. The van der Waals surface area contributed by atoms with Gasteiger partial charge in [-0.05, 0) is 53.6 Å². The molecule has 3 amide bonds. The number of ether oxygens (including phenoxy) is 1. The number of nitrogens with one attached hydrogen (secondary N) is 3. The van der Waals surface area contributed by atoms with Crippen LogP contribution in [0.3, 0.4) is 0 Å². The van der Waals surface area contributed by atoms with Crippen molar-refractivity contribution in [2.75, 3.05) is 39.1 Å². The predicted molar refractivity (Wildman–Crippen MR) is 164 cm³/mol. The number of benzene rings is 2. The minimum Gasteiger partial charge on any atom is -0.454 e. The van der Waals surface area contributed by atoms with Gasteiger partial charge in [-0.1, -0.05) is 43.6 Å². The van der Waals surface area contributed by atoms with Crippen LogP contribution in [0.4, 0.5) is 23.5 Å². The van der Waals surface area contributed by atoms with Gasteiger partial charge in [0.25, 0.3) is 5.91 Å². The van der Waals surface area contributed by atoms with Gasteiger partial charge in [0.15, 0.2) is 6.61 Å². The standard InChI is InChI=1S/C31H34ClF4N7O4/c1-29(2,16-38-25(45)26(46)43(3)4)15-37-24(44)19-6-5-18(22(33)13-19)14-23-39-27(41-28(40-23)47-17-31(34,35)36)42-30(11-12-30)20-7-9-21(32)10-8-20/h5-10,13H,11-12,14-17H2,1-4H3,(H,37,44)(H,38,45)(H,39,40,41,42). The monoisotopic (exact) mass is 679 g/mol. The third-order valence-corrected chi connectivity index (χ3v) is 7.50. The molecular formula is C31H34ClF4N7O4. The van der Waals surface area contributed by atoms with Crippen LogP contribution in [-0.4, -0.2) is 77.5 Å². The smallest absolute Gasteiger partial charge is 0.422 e. The molecule has 1 saturated carbocycles. The van der Waals surface area contributed by atoms with E-state index < -0.39 is 53.3 Å². The number of likely N-dealkylation sites (N-methyl/N-ethyl adjacent to an activating group) is 1. The zero-order valence-corrected chi connectivity index (χ0v) is 26.9. The van der Waals surface area contributed by atoms with Gasteiger partial charge in [-0.3, -0.25) is 14.4 Å².